The lowest BCUT2D eigenvalue weighted by Crippen LogP contribution is -2.33. The zero-order valence-electron chi connectivity index (χ0n) is 18.9. The first-order valence-corrected chi connectivity index (χ1v) is 12.3. The highest BCUT2D eigenvalue weighted by atomic mass is 16.3. The van der Waals surface area contributed by atoms with E-state index < -0.39 is 12.2 Å². The number of benzene rings is 1. The van der Waals surface area contributed by atoms with Crippen LogP contribution in [0, 0.1) is 0 Å². The van der Waals surface area contributed by atoms with Crippen LogP contribution < -0.4 is 0 Å². The number of unbranched alkanes of at least 4 members (excludes halogenated alkanes) is 11. The lowest BCUT2D eigenvalue weighted by Gasteiger charge is -2.20. The van der Waals surface area contributed by atoms with Gasteiger partial charge >= 0.3 is 0 Å². The first-order chi connectivity index (χ1) is 14.1. The van der Waals surface area contributed by atoms with E-state index in [9.17, 15) is 10.2 Å². The van der Waals surface area contributed by atoms with Gasteiger partial charge in [0.1, 0.15) is 0 Å². The molecule has 29 heavy (non-hydrogen) atoms. The Hall–Kier alpha value is -0.900. The Labute approximate surface area is 179 Å². The fourth-order valence-corrected chi connectivity index (χ4v) is 4.46. The molecule has 1 aromatic carbocycles. The summed E-state index contributed by atoms with van der Waals surface area (Å²) in [5.41, 5.74) is 1.28. The Morgan fingerprint density at radius 2 is 1.34 bits per heavy atom. The monoisotopic (exact) mass is 403 g/mol. The van der Waals surface area contributed by atoms with Crippen molar-refractivity contribution >= 4 is 0 Å². The average molecular weight is 404 g/mol. The molecule has 3 heteroatoms. The lowest BCUT2D eigenvalue weighted by molar-refractivity contribution is 0.00393. The summed E-state index contributed by atoms with van der Waals surface area (Å²) >= 11 is 0. The highest BCUT2D eigenvalue weighted by Gasteiger charge is 2.45. The zero-order chi connectivity index (χ0) is 20.9. The molecule has 0 saturated carbocycles. The smallest absolute Gasteiger partial charge is 0.0966 e. The first-order valence-electron chi connectivity index (χ1n) is 12.3. The Kier molecular flexibility index (Phi) is 11.9. The van der Waals surface area contributed by atoms with Crippen molar-refractivity contribution in [3.05, 3.63) is 35.9 Å². The van der Waals surface area contributed by atoms with E-state index >= 15 is 0 Å². The minimum Gasteiger partial charge on any atom is -0.390 e. The molecule has 0 bridgehead atoms. The molecule has 1 aliphatic heterocycles. The third-order valence-electron chi connectivity index (χ3n) is 6.61. The van der Waals surface area contributed by atoms with Crippen molar-refractivity contribution < 1.29 is 10.2 Å². The quantitative estimate of drug-likeness (QED) is 0.239. The molecule has 0 aliphatic carbocycles. The molecule has 2 rings (SSSR count). The molecule has 1 unspecified atom stereocenters. The van der Waals surface area contributed by atoms with Crippen molar-refractivity contribution in [2.75, 3.05) is 6.54 Å². The molecular formula is C26H45NO2. The van der Waals surface area contributed by atoms with Gasteiger partial charge in [-0.15, -0.1) is 0 Å². The van der Waals surface area contributed by atoms with Gasteiger partial charge in [0.2, 0.25) is 0 Å². The van der Waals surface area contributed by atoms with Crippen molar-refractivity contribution in [2.45, 2.75) is 122 Å². The first kappa shape index (κ1) is 24.4. The predicted octanol–water partition coefficient (Wildman–Crippen LogP) is 6.24. The van der Waals surface area contributed by atoms with Crippen LogP contribution in [0.1, 0.15) is 109 Å². The number of hydrogen-bond donors (Lipinski definition) is 2. The van der Waals surface area contributed by atoms with Crippen LogP contribution in [0.5, 0.6) is 0 Å². The van der Waals surface area contributed by atoms with E-state index in [0.717, 1.165) is 19.4 Å². The maximum Gasteiger partial charge on any atom is 0.0966 e. The molecule has 0 aromatic heterocycles. The Balaban J connectivity index is 1.46. The molecular weight excluding hydrogens is 358 g/mol. The summed E-state index contributed by atoms with van der Waals surface area (Å²) in [6.07, 6.45) is 15.4. The SMILES string of the molecule is CCCCCCCCCCCCCC[C@H](O)[C@H](O)[C@@H]1CN1[C@H](C)c1ccccc1. The molecule has 1 aromatic rings. The van der Waals surface area contributed by atoms with Crippen molar-refractivity contribution in [2.24, 2.45) is 0 Å². The normalized spacial score (nSPS) is 21.7. The molecule has 1 fully saturated rings. The van der Waals surface area contributed by atoms with Crippen LogP contribution in [0.2, 0.25) is 0 Å². The molecule has 166 valence electrons. The topological polar surface area (TPSA) is 43.5 Å². The zero-order valence-corrected chi connectivity index (χ0v) is 18.9. The van der Waals surface area contributed by atoms with E-state index in [1.54, 1.807) is 0 Å². The molecule has 1 heterocycles. The van der Waals surface area contributed by atoms with Crippen LogP contribution in [-0.2, 0) is 0 Å². The van der Waals surface area contributed by atoms with Crippen LogP contribution in [0.3, 0.4) is 0 Å². The van der Waals surface area contributed by atoms with Crippen LogP contribution >= 0.6 is 0 Å². The lowest BCUT2D eigenvalue weighted by atomic mass is 10.0. The second kappa shape index (κ2) is 14.2. The van der Waals surface area contributed by atoms with Gasteiger partial charge in [0.15, 0.2) is 0 Å². The third kappa shape index (κ3) is 9.19. The standard InChI is InChI=1S/C26H45NO2/c1-3-4-5-6-7-8-9-10-11-12-13-17-20-25(28)26(29)24-21-27(24)22(2)23-18-15-14-16-19-23/h14-16,18-19,22,24-26,28-29H,3-13,17,20-21H2,1-2H3/t22-,24+,25+,26-,27?/m1/s1. The Morgan fingerprint density at radius 3 is 1.90 bits per heavy atom. The van der Waals surface area contributed by atoms with Gasteiger partial charge < -0.3 is 10.2 Å². The molecule has 0 radical (unpaired) electrons. The number of hydrogen-bond acceptors (Lipinski definition) is 3. The summed E-state index contributed by atoms with van der Waals surface area (Å²) in [6.45, 7) is 5.33. The van der Waals surface area contributed by atoms with E-state index in [2.05, 4.69) is 43.0 Å². The van der Waals surface area contributed by atoms with E-state index in [0.29, 0.717) is 6.04 Å². The van der Waals surface area contributed by atoms with Crippen molar-refractivity contribution in [3.63, 3.8) is 0 Å². The molecule has 3 nitrogen and oxygen atoms in total. The van der Waals surface area contributed by atoms with E-state index in [-0.39, 0.29) is 6.04 Å². The highest BCUT2D eigenvalue weighted by molar-refractivity contribution is 5.20. The summed E-state index contributed by atoms with van der Waals surface area (Å²) in [6, 6.07) is 10.8. The highest BCUT2D eigenvalue weighted by Crippen LogP contribution is 2.34. The van der Waals surface area contributed by atoms with Gasteiger partial charge in [0.25, 0.3) is 0 Å². The van der Waals surface area contributed by atoms with Gasteiger partial charge in [-0.3, -0.25) is 4.90 Å². The summed E-state index contributed by atoms with van der Waals surface area (Å²) in [7, 11) is 0. The van der Waals surface area contributed by atoms with Gasteiger partial charge in [0, 0.05) is 12.6 Å². The molecule has 1 saturated heterocycles. The Morgan fingerprint density at radius 1 is 0.828 bits per heavy atom. The van der Waals surface area contributed by atoms with Gasteiger partial charge in [-0.2, -0.15) is 0 Å². The van der Waals surface area contributed by atoms with Gasteiger partial charge in [0.05, 0.1) is 18.2 Å². The average Bonchev–Trinajstić information content (AvgIpc) is 3.54. The maximum absolute atomic E-state index is 10.5. The number of rotatable bonds is 17. The number of aliphatic hydroxyl groups excluding tert-OH is 2. The summed E-state index contributed by atoms with van der Waals surface area (Å²) < 4.78 is 0. The van der Waals surface area contributed by atoms with Crippen molar-refractivity contribution in [3.8, 4) is 0 Å². The van der Waals surface area contributed by atoms with E-state index in [4.69, 9.17) is 0 Å². The molecule has 0 spiro atoms. The van der Waals surface area contributed by atoms with Crippen molar-refractivity contribution in [1.82, 2.24) is 4.90 Å². The minimum absolute atomic E-state index is 0.109. The van der Waals surface area contributed by atoms with Gasteiger partial charge in [-0.05, 0) is 18.9 Å². The maximum atomic E-state index is 10.5. The van der Waals surface area contributed by atoms with Crippen molar-refractivity contribution in [1.29, 1.82) is 0 Å². The molecule has 5 atom stereocenters. The minimum atomic E-state index is -0.617. The molecule has 0 amide bonds. The van der Waals surface area contributed by atoms with Gasteiger partial charge in [-0.25, -0.2) is 0 Å². The summed E-state index contributed by atoms with van der Waals surface area (Å²) in [5, 5.41) is 20.9. The predicted molar refractivity (Wildman–Crippen MR) is 123 cm³/mol. The summed E-state index contributed by atoms with van der Waals surface area (Å²) in [5.74, 6) is 0. The number of aliphatic hydroxyl groups is 2. The van der Waals surface area contributed by atoms with Gasteiger partial charge in [-0.1, -0.05) is 114 Å². The van der Waals surface area contributed by atoms with Crippen LogP contribution in [-0.4, -0.2) is 39.9 Å². The second-order valence-corrected chi connectivity index (χ2v) is 9.09. The van der Waals surface area contributed by atoms with Crippen LogP contribution in [0.15, 0.2) is 30.3 Å². The number of nitrogens with zero attached hydrogens (tertiary/aromatic N) is 1. The van der Waals surface area contributed by atoms with E-state index in [1.807, 2.05) is 6.07 Å². The summed E-state index contributed by atoms with van der Waals surface area (Å²) in [4.78, 5) is 2.28. The second-order valence-electron chi connectivity index (χ2n) is 9.09. The third-order valence-corrected chi connectivity index (χ3v) is 6.61. The largest absolute Gasteiger partial charge is 0.390 e. The Bertz CT molecular complexity index is 521. The fraction of sp³-hybridized carbons (Fsp3) is 0.769. The van der Waals surface area contributed by atoms with E-state index in [1.165, 1.54) is 76.2 Å². The van der Waals surface area contributed by atoms with Crippen LogP contribution in [0.4, 0.5) is 0 Å². The molecule has 2 N–H and O–H groups in total. The molecule has 1 aliphatic rings. The fourth-order valence-electron chi connectivity index (χ4n) is 4.46. The van der Waals surface area contributed by atoms with Crippen LogP contribution in [0.25, 0.3) is 0 Å².